The summed E-state index contributed by atoms with van der Waals surface area (Å²) in [5.74, 6) is 1.35. The van der Waals surface area contributed by atoms with Gasteiger partial charge in [0.2, 0.25) is 5.91 Å². The number of hydrogen-bond acceptors (Lipinski definition) is 5. The van der Waals surface area contributed by atoms with Crippen LogP contribution in [0.5, 0.6) is 0 Å². The molecule has 2 aromatic heterocycles. The zero-order chi connectivity index (χ0) is 16.9. The Morgan fingerprint density at radius 1 is 1.12 bits per heavy atom. The first-order valence-corrected chi connectivity index (χ1v) is 7.60. The van der Waals surface area contributed by atoms with Crippen LogP contribution in [0.1, 0.15) is 13.8 Å². The van der Waals surface area contributed by atoms with Gasteiger partial charge in [-0.25, -0.2) is 15.0 Å². The molecule has 3 rings (SSSR count). The summed E-state index contributed by atoms with van der Waals surface area (Å²) in [6.45, 7) is 3.72. The summed E-state index contributed by atoms with van der Waals surface area (Å²) in [6.07, 6.45) is 6.69. The molecule has 0 aliphatic rings. The predicted molar refractivity (Wildman–Crippen MR) is 92.3 cm³/mol. The third-order valence-corrected chi connectivity index (χ3v) is 3.37. The summed E-state index contributed by atoms with van der Waals surface area (Å²) in [7, 11) is 0. The molecule has 2 N–H and O–H groups in total. The first kappa shape index (κ1) is 15.7. The van der Waals surface area contributed by atoms with E-state index in [1.165, 1.54) is 6.33 Å². The van der Waals surface area contributed by atoms with Crippen LogP contribution in [0.2, 0.25) is 0 Å². The number of benzene rings is 1. The van der Waals surface area contributed by atoms with Crippen molar-refractivity contribution in [1.29, 1.82) is 0 Å². The fourth-order valence-electron chi connectivity index (χ4n) is 2.02. The van der Waals surface area contributed by atoms with Crippen molar-refractivity contribution in [3.8, 4) is 5.82 Å². The van der Waals surface area contributed by atoms with E-state index in [-0.39, 0.29) is 11.8 Å². The first-order chi connectivity index (χ1) is 11.6. The lowest BCUT2D eigenvalue weighted by Crippen LogP contribution is -2.17. The molecule has 2 heterocycles. The van der Waals surface area contributed by atoms with Crippen LogP contribution in [0.25, 0.3) is 5.82 Å². The van der Waals surface area contributed by atoms with Gasteiger partial charge in [0.05, 0.1) is 0 Å². The Hall–Kier alpha value is -3.22. The Morgan fingerprint density at radius 2 is 1.88 bits per heavy atom. The number of carbonyl (C=O) groups is 1. The number of amides is 1. The van der Waals surface area contributed by atoms with E-state index in [1.54, 1.807) is 17.1 Å². The van der Waals surface area contributed by atoms with E-state index in [4.69, 9.17) is 0 Å². The highest BCUT2D eigenvalue weighted by Gasteiger charge is 2.07. The van der Waals surface area contributed by atoms with E-state index >= 15 is 0 Å². The Morgan fingerprint density at radius 3 is 2.54 bits per heavy atom. The van der Waals surface area contributed by atoms with Gasteiger partial charge in [0.1, 0.15) is 24.3 Å². The van der Waals surface area contributed by atoms with E-state index in [0.29, 0.717) is 5.82 Å². The van der Waals surface area contributed by atoms with Gasteiger partial charge in [-0.3, -0.25) is 9.36 Å². The number of rotatable bonds is 5. The third kappa shape index (κ3) is 3.75. The molecule has 0 saturated heterocycles. The molecule has 3 aromatic rings. The van der Waals surface area contributed by atoms with Crippen LogP contribution in [0.15, 0.2) is 55.4 Å². The van der Waals surface area contributed by atoms with Crippen molar-refractivity contribution < 1.29 is 4.79 Å². The third-order valence-electron chi connectivity index (χ3n) is 3.37. The van der Waals surface area contributed by atoms with Gasteiger partial charge in [-0.15, -0.1) is 0 Å². The normalized spacial score (nSPS) is 10.6. The van der Waals surface area contributed by atoms with Crippen LogP contribution >= 0.6 is 0 Å². The molecule has 0 aliphatic heterocycles. The number of imidazole rings is 1. The van der Waals surface area contributed by atoms with Gasteiger partial charge in [0, 0.05) is 35.8 Å². The maximum absolute atomic E-state index is 11.7. The SMILES string of the molecule is CC(C)C(=O)Nc1ccc(Nc2cc(-n3ccnc3)ncn2)cc1. The highest BCUT2D eigenvalue weighted by Crippen LogP contribution is 2.19. The minimum atomic E-state index is -0.0505. The number of carbonyl (C=O) groups excluding carboxylic acids is 1. The van der Waals surface area contributed by atoms with Gasteiger partial charge in [-0.1, -0.05) is 13.8 Å². The highest BCUT2D eigenvalue weighted by molar-refractivity contribution is 5.92. The molecule has 1 amide bonds. The second-order valence-electron chi connectivity index (χ2n) is 5.58. The van der Waals surface area contributed by atoms with E-state index < -0.39 is 0 Å². The lowest BCUT2D eigenvalue weighted by molar-refractivity contribution is -0.118. The molecular weight excluding hydrogens is 304 g/mol. The average Bonchev–Trinajstić information content (AvgIpc) is 3.11. The van der Waals surface area contributed by atoms with Crippen molar-refractivity contribution in [1.82, 2.24) is 19.5 Å². The molecule has 122 valence electrons. The summed E-state index contributed by atoms with van der Waals surface area (Å²) in [4.78, 5) is 24.1. The standard InChI is InChI=1S/C17H18N6O/c1-12(2)17(24)22-14-5-3-13(4-6-14)21-15-9-16(20-10-19-15)23-8-7-18-11-23/h3-12H,1-2H3,(H,22,24)(H,19,20,21). The second kappa shape index (κ2) is 6.91. The molecule has 0 atom stereocenters. The number of hydrogen-bond donors (Lipinski definition) is 2. The maximum Gasteiger partial charge on any atom is 0.226 e. The summed E-state index contributed by atoms with van der Waals surface area (Å²) in [6, 6.07) is 9.29. The number of nitrogens with zero attached hydrogens (tertiary/aromatic N) is 4. The van der Waals surface area contributed by atoms with Crippen molar-refractivity contribution in [3.05, 3.63) is 55.4 Å². The Labute approximate surface area is 139 Å². The van der Waals surface area contributed by atoms with Crippen LogP contribution in [-0.2, 0) is 4.79 Å². The summed E-state index contributed by atoms with van der Waals surface area (Å²) in [5.41, 5.74) is 1.63. The zero-order valence-electron chi connectivity index (χ0n) is 13.5. The average molecular weight is 322 g/mol. The van der Waals surface area contributed by atoms with Crippen LogP contribution in [0.4, 0.5) is 17.2 Å². The maximum atomic E-state index is 11.7. The molecule has 7 nitrogen and oxygen atoms in total. The first-order valence-electron chi connectivity index (χ1n) is 7.60. The molecule has 0 fully saturated rings. The van der Waals surface area contributed by atoms with Gasteiger partial charge in [-0.05, 0) is 24.3 Å². The molecule has 7 heteroatoms. The van der Waals surface area contributed by atoms with Gasteiger partial charge in [0.15, 0.2) is 0 Å². The van der Waals surface area contributed by atoms with Gasteiger partial charge >= 0.3 is 0 Å². The Balaban J connectivity index is 1.70. The lowest BCUT2D eigenvalue weighted by Gasteiger charge is -2.10. The smallest absolute Gasteiger partial charge is 0.226 e. The van der Waals surface area contributed by atoms with Crippen LogP contribution in [0.3, 0.4) is 0 Å². The highest BCUT2D eigenvalue weighted by atomic mass is 16.1. The van der Waals surface area contributed by atoms with Crippen molar-refractivity contribution >= 4 is 23.1 Å². The van der Waals surface area contributed by atoms with E-state index in [0.717, 1.165) is 17.2 Å². The minimum absolute atomic E-state index is 0.00326. The Kier molecular flexibility index (Phi) is 4.51. The topological polar surface area (TPSA) is 84.7 Å². The monoisotopic (exact) mass is 322 g/mol. The number of aromatic nitrogens is 4. The largest absolute Gasteiger partial charge is 0.340 e. The molecule has 0 radical (unpaired) electrons. The van der Waals surface area contributed by atoms with Crippen molar-refractivity contribution in [2.75, 3.05) is 10.6 Å². The summed E-state index contributed by atoms with van der Waals surface area (Å²) in [5, 5.41) is 6.07. The van der Waals surface area contributed by atoms with Crippen molar-refractivity contribution in [2.24, 2.45) is 5.92 Å². The second-order valence-corrected chi connectivity index (χ2v) is 5.58. The molecule has 0 unspecified atom stereocenters. The van der Waals surface area contributed by atoms with Crippen LogP contribution in [-0.4, -0.2) is 25.4 Å². The summed E-state index contributed by atoms with van der Waals surface area (Å²) >= 11 is 0. The van der Waals surface area contributed by atoms with E-state index in [9.17, 15) is 4.79 Å². The van der Waals surface area contributed by atoms with E-state index in [2.05, 4.69) is 25.6 Å². The molecular formula is C17H18N6O. The van der Waals surface area contributed by atoms with Crippen LogP contribution in [0, 0.1) is 5.92 Å². The Bertz CT molecular complexity index is 811. The molecule has 24 heavy (non-hydrogen) atoms. The molecule has 0 saturated carbocycles. The van der Waals surface area contributed by atoms with Crippen molar-refractivity contribution in [3.63, 3.8) is 0 Å². The zero-order valence-corrected chi connectivity index (χ0v) is 13.5. The number of nitrogens with one attached hydrogen (secondary N) is 2. The fraction of sp³-hybridized carbons (Fsp3) is 0.176. The van der Waals surface area contributed by atoms with Gasteiger partial charge in [-0.2, -0.15) is 0 Å². The molecule has 1 aromatic carbocycles. The number of anilines is 3. The quantitative estimate of drug-likeness (QED) is 0.754. The van der Waals surface area contributed by atoms with Crippen LogP contribution < -0.4 is 10.6 Å². The molecule has 0 spiro atoms. The summed E-state index contributed by atoms with van der Waals surface area (Å²) < 4.78 is 1.80. The van der Waals surface area contributed by atoms with E-state index in [1.807, 2.05) is 50.4 Å². The predicted octanol–water partition coefficient (Wildman–Crippen LogP) is 3.00. The lowest BCUT2D eigenvalue weighted by atomic mass is 10.2. The van der Waals surface area contributed by atoms with Gasteiger partial charge < -0.3 is 10.6 Å². The fourth-order valence-corrected chi connectivity index (χ4v) is 2.02. The molecule has 0 aliphatic carbocycles. The molecule has 0 bridgehead atoms. The van der Waals surface area contributed by atoms with Crippen molar-refractivity contribution in [2.45, 2.75) is 13.8 Å². The van der Waals surface area contributed by atoms with Gasteiger partial charge in [0.25, 0.3) is 0 Å². The minimum Gasteiger partial charge on any atom is -0.340 e.